The molecule has 162 valence electrons. The van der Waals surface area contributed by atoms with E-state index in [-0.39, 0.29) is 16.6 Å². The highest BCUT2D eigenvalue weighted by atomic mass is 32.2. The molecule has 5 rings (SSSR count). The smallest absolute Gasteiger partial charge is 0.263 e. The molecule has 0 unspecified atom stereocenters. The van der Waals surface area contributed by atoms with Gasteiger partial charge in [0, 0.05) is 35.0 Å². The van der Waals surface area contributed by atoms with Crippen molar-refractivity contribution < 1.29 is 13.2 Å². The van der Waals surface area contributed by atoms with Crippen LogP contribution in [-0.4, -0.2) is 31.6 Å². The number of benzene rings is 3. The number of H-pyrrole nitrogens is 1. The van der Waals surface area contributed by atoms with Crippen molar-refractivity contribution in [1.29, 1.82) is 0 Å². The van der Waals surface area contributed by atoms with Crippen LogP contribution in [0.25, 0.3) is 22.0 Å². The Morgan fingerprint density at radius 3 is 2.47 bits per heavy atom. The zero-order chi connectivity index (χ0) is 22.8. The van der Waals surface area contributed by atoms with Crippen LogP contribution in [-0.2, 0) is 10.0 Å². The Bertz CT molecular complexity index is 1540. The van der Waals surface area contributed by atoms with Crippen LogP contribution in [0, 0.1) is 20.8 Å². The number of sulfonamides is 1. The topological polar surface area (TPSA) is 95.2 Å². The summed E-state index contributed by atoms with van der Waals surface area (Å²) in [5.41, 5.74) is 6.33. The van der Waals surface area contributed by atoms with Crippen LogP contribution in [0.15, 0.2) is 53.4 Å². The van der Waals surface area contributed by atoms with E-state index in [2.05, 4.69) is 34.0 Å². The normalized spacial score (nSPS) is 13.2. The third kappa shape index (κ3) is 2.98. The van der Waals surface area contributed by atoms with Crippen molar-refractivity contribution in [3.05, 3.63) is 70.8 Å². The van der Waals surface area contributed by atoms with Crippen LogP contribution in [0.5, 0.6) is 0 Å². The summed E-state index contributed by atoms with van der Waals surface area (Å²) in [6.45, 7) is 6.11. The van der Waals surface area contributed by atoms with E-state index in [0.717, 1.165) is 22.4 Å². The molecule has 1 aliphatic heterocycles. The van der Waals surface area contributed by atoms with Crippen LogP contribution >= 0.6 is 0 Å². The quantitative estimate of drug-likeness (QED) is 0.481. The maximum atomic E-state index is 13.3. The van der Waals surface area contributed by atoms with E-state index in [1.54, 1.807) is 37.4 Å². The third-order valence-corrected chi connectivity index (χ3v) is 7.53. The van der Waals surface area contributed by atoms with E-state index in [1.165, 1.54) is 16.5 Å². The molecule has 3 aromatic carbocycles. The fourth-order valence-electron chi connectivity index (χ4n) is 4.30. The highest BCUT2D eigenvalue weighted by Gasteiger charge is 2.30. The number of hydrogen-bond donors (Lipinski definition) is 2. The van der Waals surface area contributed by atoms with Gasteiger partial charge in [-0.3, -0.25) is 14.6 Å². The summed E-state index contributed by atoms with van der Waals surface area (Å²) < 4.78 is 29.1. The van der Waals surface area contributed by atoms with Gasteiger partial charge in [-0.15, -0.1) is 0 Å². The second-order valence-corrected chi connectivity index (χ2v) is 9.85. The summed E-state index contributed by atoms with van der Waals surface area (Å²) in [5, 5.41) is 8.26. The predicted octanol–water partition coefficient (Wildman–Crippen LogP) is 4.55. The lowest BCUT2D eigenvalue weighted by Crippen LogP contribution is -2.20. The number of carbonyl (C=O) groups excluding carboxylic acids is 1. The fourth-order valence-corrected chi connectivity index (χ4v) is 5.50. The molecule has 0 bridgehead atoms. The molecule has 0 atom stereocenters. The third-order valence-electron chi connectivity index (χ3n) is 6.11. The van der Waals surface area contributed by atoms with Crippen molar-refractivity contribution in [2.45, 2.75) is 25.7 Å². The van der Waals surface area contributed by atoms with E-state index < -0.39 is 10.0 Å². The van der Waals surface area contributed by atoms with Gasteiger partial charge >= 0.3 is 0 Å². The Hall–Kier alpha value is -3.65. The maximum Gasteiger partial charge on any atom is 0.263 e. The van der Waals surface area contributed by atoms with Gasteiger partial charge in [-0.25, -0.2) is 8.42 Å². The highest BCUT2D eigenvalue weighted by molar-refractivity contribution is 7.93. The predicted molar refractivity (Wildman–Crippen MR) is 126 cm³/mol. The summed E-state index contributed by atoms with van der Waals surface area (Å²) in [5.74, 6) is 0.0582. The van der Waals surface area contributed by atoms with E-state index in [1.807, 2.05) is 13.8 Å². The molecule has 7 nitrogen and oxygen atoms in total. The lowest BCUT2D eigenvalue weighted by atomic mass is 9.99. The fraction of sp³-hybridized carbons (Fsp3) is 0.167. The van der Waals surface area contributed by atoms with Gasteiger partial charge in [0.05, 0.1) is 16.3 Å². The Balaban J connectivity index is 1.54. The number of aromatic amines is 1. The zero-order valence-electron chi connectivity index (χ0n) is 18.1. The molecule has 0 saturated carbocycles. The second kappa shape index (κ2) is 6.93. The van der Waals surface area contributed by atoms with E-state index in [0.29, 0.717) is 22.0 Å². The van der Waals surface area contributed by atoms with Gasteiger partial charge in [0.25, 0.3) is 15.9 Å². The standard InChI is InChI=1S/C24H22N4O3S/c1-13-10-15(3)18(11-14(13)2)19-12-22(26-25-19)27-32(30,31)21-9-8-20-23-16(21)6-5-7-17(23)24(29)28(20)4/h5-12H,1-4H3,(H2,25,26,27). The minimum Gasteiger partial charge on any atom is -0.311 e. The summed E-state index contributed by atoms with van der Waals surface area (Å²) in [7, 11) is -2.25. The average molecular weight is 447 g/mol. The van der Waals surface area contributed by atoms with Crippen LogP contribution in [0.4, 0.5) is 11.5 Å². The molecule has 0 spiro atoms. The lowest BCUT2D eigenvalue weighted by molar-refractivity contribution is 0.0999. The van der Waals surface area contributed by atoms with Crippen LogP contribution in [0.1, 0.15) is 27.0 Å². The first-order valence-corrected chi connectivity index (χ1v) is 11.7. The first-order chi connectivity index (χ1) is 15.2. The van der Waals surface area contributed by atoms with Crippen LogP contribution in [0.2, 0.25) is 0 Å². The zero-order valence-corrected chi connectivity index (χ0v) is 19.0. The number of aromatic nitrogens is 2. The lowest BCUT2D eigenvalue weighted by Gasteiger charge is -2.12. The van der Waals surface area contributed by atoms with Gasteiger partial charge < -0.3 is 4.90 Å². The number of nitrogens with one attached hydrogen (secondary N) is 2. The molecule has 32 heavy (non-hydrogen) atoms. The molecule has 0 fully saturated rings. The molecule has 2 heterocycles. The number of carbonyl (C=O) groups is 1. The number of amides is 1. The summed E-state index contributed by atoms with van der Waals surface area (Å²) in [6.07, 6.45) is 0. The van der Waals surface area contributed by atoms with E-state index in [4.69, 9.17) is 0 Å². The summed E-state index contributed by atoms with van der Waals surface area (Å²) >= 11 is 0. The van der Waals surface area contributed by atoms with Crippen LogP contribution in [0.3, 0.4) is 0 Å². The van der Waals surface area contributed by atoms with Crippen molar-refractivity contribution in [3.8, 4) is 11.3 Å². The molecule has 0 radical (unpaired) electrons. The van der Waals surface area contributed by atoms with Gasteiger partial charge in [-0.1, -0.05) is 18.2 Å². The molecular weight excluding hydrogens is 424 g/mol. The Kier molecular flexibility index (Phi) is 4.39. The van der Waals surface area contributed by atoms with E-state index in [9.17, 15) is 13.2 Å². The number of aryl methyl sites for hydroxylation is 3. The molecule has 1 amide bonds. The number of rotatable bonds is 4. The van der Waals surface area contributed by atoms with Crippen molar-refractivity contribution in [1.82, 2.24) is 10.2 Å². The minimum absolute atomic E-state index is 0.105. The van der Waals surface area contributed by atoms with Gasteiger partial charge in [0.15, 0.2) is 5.82 Å². The minimum atomic E-state index is -3.94. The van der Waals surface area contributed by atoms with Crippen molar-refractivity contribution in [2.75, 3.05) is 16.7 Å². The molecule has 1 aromatic heterocycles. The molecule has 0 aliphatic carbocycles. The molecule has 2 N–H and O–H groups in total. The molecular formula is C24H22N4O3S. The van der Waals surface area contributed by atoms with Crippen molar-refractivity contribution >= 4 is 38.2 Å². The molecule has 8 heteroatoms. The second-order valence-electron chi connectivity index (χ2n) is 8.20. The average Bonchev–Trinajstić information content (AvgIpc) is 3.30. The van der Waals surface area contributed by atoms with Gasteiger partial charge in [0.2, 0.25) is 0 Å². The Morgan fingerprint density at radius 2 is 1.69 bits per heavy atom. The maximum absolute atomic E-state index is 13.3. The van der Waals surface area contributed by atoms with E-state index >= 15 is 0 Å². The highest BCUT2D eigenvalue weighted by Crippen LogP contribution is 2.39. The van der Waals surface area contributed by atoms with Gasteiger partial charge in [-0.05, 0) is 61.7 Å². The summed E-state index contributed by atoms with van der Waals surface area (Å²) in [4.78, 5) is 14.1. The first-order valence-electron chi connectivity index (χ1n) is 10.2. The van der Waals surface area contributed by atoms with Gasteiger partial charge in [-0.2, -0.15) is 5.10 Å². The first kappa shape index (κ1) is 20.3. The monoisotopic (exact) mass is 446 g/mol. The SMILES string of the molecule is Cc1cc(C)c(-c2cc(NS(=O)(=O)c3ccc4c5c(cccc35)C(=O)N4C)n[nH]2)cc1C. The van der Waals surface area contributed by atoms with Crippen LogP contribution < -0.4 is 9.62 Å². The van der Waals surface area contributed by atoms with Crippen molar-refractivity contribution in [2.24, 2.45) is 0 Å². The van der Waals surface area contributed by atoms with Crippen molar-refractivity contribution in [3.63, 3.8) is 0 Å². The summed E-state index contributed by atoms with van der Waals surface area (Å²) in [6, 6.07) is 14.2. The Labute approximate surface area is 186 Å². The number of nitrogens with zero attached hydrogens (tertiary/aromatic N) is 2. The molecule has 0 saturated heterocycles. The number of anilines is 2. The van der Waals surface area contributed by atoms with Gasteiger partial charge in [0.1, 0.15) is 0 Å². The Morgan fingerprint density at radius 1 is 0.938 bits per heavy atom. The number of hydrogen-bond acceptors (Lipinski definition) is 4. The molecule has 1 aliphatic rings. The molecule has 4 aromatic rings. The largest absolute Gasteiger partial charge is 0.311 e.